The molecule has 0 aliphatic carbocycles. The monoisotopic (exact) mass is 260 g/mol. The highest BCUT2D eigenvalue weighted by Crippen LogP contribution is 2.24. The molecule has 16 heavy (non-hydrogen) atoms. The number of anilines is 2. The maximum Gasteiger partial charge on any atom is 0.308 e. The van der Waals surface area contributed by atoms with Crippen LogP contribution >= 0.6 is 23.2 Å². The van der Waals surface area contributed by atoms with E-state index in [1.807, 2.05) is 0 Å². The zero-order valence-electron chi connectivity index (χ0n) is 8.21. The topological polar surface area (TPSA) is 42.7 Å². The molecule has 1 heterocycles. The van der Waals surface area contributed by atoms with Crippen LogP contribution in [0.25, 0.3) is 0 Å². The zero-order chi connectivity index (χ0) is 11.7. The second-order valence-corrected chi connectivity index (χ2v) is 3.98. The van der Waals surface area contributed by atoms with Gasteiger partial charge in [0.05, 0.1) is 0 Å². The van der Waals surface area contributed by atoms with Gasteiger partial charge in [0, 0.05) is 22.8 Å². The van der Waals surface area contributed by atoms with E-state index in [4.69, 9.17) is 23.2 Å². The Labute approximate surface area is 101 Å². The van der Waals surface area contributed by atoms with Crippen molar-refractivity contribution in [3.05, 3.63) is 34.3 Å². The molecule has 84 valence electrons. The number of nitrogens with zero attached hydrogens (tertiary/aromatic N) is 3. The number of rotatable bonds is 2. The van der Waals surface area contributed by atoms with Crippen LogP contribution in [-0.4, -0.2) is 14.8 Å². The van der Waals surface area contributed by atoms with Crippen molar-refractivity contribution in [1.29, 1.82) is 0 Å². The first kappa shape index (κ1) is 11.2. The highest BCUT2D eigenvalue weighted by molar-refractivity contribution is 6.35. The third kappa shape index (κ3) is 2.43. The van der Waals surface area contributed by atoms with Gasteiger partial charge in [-0.15, -0.1) is 5.10 Å². The number of aromatic nitrogens is 3. The number of hydrogen-bond donors (Lipinski definition) is 1. The molecule has 0 radical (unpaired) electrons. The van der Waals surface area contributed by atoms with Gasteiger partial charge in [0.25, 0.3) is 0 Å². The minimum absolute atomic E-state index is 0.151. The van der Waals surface area contributed by atoms with Crippen molar-refractivity contribution < 1.29 is 4.39 Å². The average Bonchev–Trinajstić information content (AvgIpc) is 2.43. The van der Waals surface area contributed by atoms with Crippen LogP contribution in [0.1, 0.15) is 0 Å². The Morgan fingerprint density at radius 3 is 2.38 bits per heavy atom. The van der Waals surface area contributed by atoms with E-state index in [-0.39, 0.29) is 5.95 Å². The first-order chi connectivity index (χ1) is 7.54. The van der Waals surface area contributed by atoms with Crippen molar-refractivity contribution in [1.82, 2.24) is 14.8 Å². The summed E-state index contributed by atoms with van der Waals surface area (Å²) in [5, 5.41) is 7.55. The Balaban J connectivity index is 2.26. The third-order valence-corrected chi connectivity index (χ3v) is 2.27. The highest BCUT2D eigenvalue weighted by Gasteiger charge is 2.06. The quantitative estimate of drug-likeness (QED) is 0.903. The Morgan fingerprint density at radius 2 is 1.88 bits per heavy atom. The van der Waals surface area contributed by atoms with Crippen LogP contribution in [0.2, 0.25) is 10.0 Å². The zero-order valence-corrected chi connectivity index (χ0v) is 9.72. The average molecular weight is 261 g/mol. The summed E-state index contributed by atoms with van der Waals surface area (Å²) < 4.78 is 13.9. The summed E-state index contributed by atoms with van der Waals surface area (Å²) in [6.07, 6.45) is -0.671. The number of hydrogen-bond acceptors (Lipinski definition) is 3. The third-order valence-electron chi connectivity index (χ3n) is 1.83. The van der Waals surface area contributed by atoms with Crippen molar-refractivity contribution in [3.8, 4) is 0 Å². The second kappa shape index (κ2) is 4.27. The smallest absolute Gasteiger partial charge is 0.308 e. The molecule has 0 saturated heterocycles. The lowest BCUT2D eigenvalue weighted by molar-refractivity contribution is 0.477. The molecule has 1 aromatic heterocycles. The number of aryl methyl sites for hydroxylation is 1. The van der Waals surface area contributed by atoms with E-state index in [2.05, 4.69) is 15.4 Å². The van der Waals surface area contributed by atoms with E-state index in [9.17, 15) is 4.39 Å². The van der Waals surface area contributed by atoms with Crippen LogP contribution in [0.15, 0.2) is 18.2 Å². The SMILES string of the molecule is Cn1nc(Nc2cc(Cl)cc(Cl)c2)nc1F. The molecule has 0 aliphatic rings. The van der Waals surface area contributed by atoms with Crippen molar-refractivity contribution in [3.63, 3.8) is 0 Å². The van der Waals surface area contributed by atoms with Gasteiger partial charge in [0.2, 0.25) is 5.95 Å². The lowest BCUT2D eigenvalue weighted by atomic mass is 10.3. The summed E-state index contributed by atoms with van der Waals surface area (Å²) in [7, 11) is 1.46. The summed E-state index contributed by atoms with van der Waals surface area (Å²) in [5.74, 6) is 0.151. The van der Waals surface area contributed by atoms with Crippen LogP contribution in [0.4, 0.5) is 16.0 Å². The van der Waals surface area contributed by atoms with Crippen LogP contribution in [0.3, 0.4) is 0 Å². The van der Waals surface area contributed by atoms with Gasteiger partial charge in [0.15, 0.2) is 0 Å². The van der Waals surface area contributed by atoms with Crippen LogP contribution in [-0.2, 0) is 7.05 Å². The van der Waals surface area contributed by atoms with Gasteiger partial charge in [-0.1, -0.05) is 23.2 Å². The van der Waals surface area contributed by atoms with E-state index >= 15 is 0 Å². The van der Waals surface area contributed by atoms with Gasteiger partial charge >= 0.3 is 6.08 Å². The molecule has 1 aromatic carbocycles. The first-order valence-electron chi connectivity index (χ1n) is 4.34. The van der Waals surface area contributed by atoms with Gasteiger partial charge in [-0.25, -0.2) is 4.68 Å². The lowest BCUT2D eigenvalue weighted by Crippen LogP contribution is -1.95. The molecule has 0 spiro atoms. The molecule has 0 fully saturated rings. The van der Waals surface area contributed by atoms with Gasteiger partial charge < -0.3 is 5.32 Å². The van der Waals surface area contributed by atoms with E-state index in [0.29, 0.717) is 15.7 Å². The molecule has 1 N–H and O–H groups in total. The molecule has 4 nitrogen and oxygen atoms in total. The van der Waals surface area contributed by atoms with Gasteiger partial charge in [-0.3, -0.25) is 0 Å². The first-order valence-corrected chi connectivity index (χ1v) is 5.10. The predicted molar refractivity (Wildman–Crippen MR) is 60.7 cm³/mol. The molecular weight excluding hydrogens is 254 g/mol. The minimum Gasteiger partial charge on any atom is -0.323 e. The number of nitrogens with one attached hydrogen (secondary N) is 1. The molecular formula is C9H7Cl2FN4. The largest absolute Gasteiger partial charge is 0.323 e. The Kier molecular flexibility index (Phi) is 2.98. The van der Waals surface area contributed by atoms with E-state index < -0.39 is 6.08 Å². The lowest BCUT2D eigenvalue weighted by Gasteiger charge is -2.02. The predicted octanol–water partition coefficient (Wildman–Crippen LogP) is 3.00. The van der Waals surface area contributed by atoms with Crippen molar-refractivity contribution in [2.75, 3.05) is 5.32 Å². The van der Waals surface area contributed by atoms with Crippen LogP contribution in [0.5, 0.6) is 0 Å². The fraction of sp³-hybridized carbons (Fsp3) is 0.111. The summed E-state index contributed by atoms with van der Waals surface area (Å²) >= 11 is 11.6. The van der Waals surface area contributed by atoms with Gasteiger partial charge in [-0.05, 0) is 18.2 Å². The van der Waals surface area contributed by atoms with Gasteiger partial charge in [0.1, 0.15) is 0 Å². The highest BCUT2D eigenvalue weighted by atomic mass is 35.5. The second-order valence-electron chi connectivity index (χ2n) is 3.11. The summed E-state index contributed by atoms with van der Waals surface area (Å²) in [6, 6.07) is 4.88. The number of benzene rings is 1. The van der Waals surface area contributed by atoms with Gasteiger partial charge in [-0.2, -0.15) is 9.37 Å². The minimum atomic E-state index is -0.671. The Hall–Kier alpha value is -1.33. The molecule has 0 atom stereocenters. The Morgan fingerprint density at radius 1 is 1.25 bits per heavy atom. The molecule has 0 amide bonds. The van der Waals surface area contributed by atoms with Crippen LogP contribution in [0, 0.1) is 6.08 Å². The Bertz CT molecular complexity index is 486. The van der Waals surface area contributed by atoms with Crippen molar-refractivity contribution in [2.45, 2.75) is 0 Å². The van der Waals surface area contributed by atoms with Crippen LogP contribution < -0.4 is 5.32 Å². The standard InChI is InChI=1S/C9H7Cl2FN4/c1-16-8(12)14-9(15-16)13-7-3-5(10)2-6(11)4-7/h2-4H,1H3,(H,13,15). The van der Waals surface area contributed by atoms with E-state index in [1.165, 1.54) is 7.05 Å². The molecule has 2 aromatic rings. The van der Waals surface area contributed by atoms with E-state index in [0.717, 1.165) is 4.68 Å². The maximum atomic E-state index is 12.9. The molecule has 0 bridgehead atoms. The molecule has 2 rings (SSSR count). The molecule has 7 heteroatoms. The normalized spacial score (nSPS) is 10.5. The summed E-state index contributed by atoms with van der Waals surface area (Å²) in [6.45, 7) is 0. The maximum absolute atomic E-state index is 12.9. The van der Waals surface area contributed by atoms with Crippen molar-refractivity contribution >= 4 is 34.8 Å². The fourth-order valence-corrected chi connectivity index (χ4v) is 1.70. The molecule has 0 aliphatic heterocycles. The fourth-order valence-electron chi connectivity index (χ4n) is 1.17. The molecule has 0 saturated carbocycles. The summed E-state index contributed by atoms with van der Waals surface area (Å²) in [5.41, 5.74) is 0.600. The van der Waals surface area contributed by atoms with E-state index in [1.54, 1.807) is 18.2 Å². The molecule has 0 unspecified atom stereocenters. The summed E-state index contributed by atoms with van der Waals surface area (Å²) in [4.78, 5) is 3.55. The number of halogens is 3. The van der Waals surface area contributed by atoms with Crippen molar-refractivity contribution in [2.24, 2.45) is 7.05 Å².